The van der Waals surface area contributed by atoms with Crippen molar-refractivity contribution in [2.24, 2.45) is 27.3 Å². The maximum absolute atomic E-state index is 11.8. The zero-order valence-electron chi connectivity index (χ0n) is 34.4. The highest BCUT2D eigenvalue weighted by Gasteiger charge is 2.58. The van der Waals surface area contributed by atoms with E-state index in [4.69, 9.17) is 29.5 Å². The number of ether oxygens (including phenoxy) is 6. The molecule has 16 heteroatoms. The van der Waals surface area contributed by atoms with Crippen LogP contribution in [0.4, 0.5) is 0 Å². The van der Waals surface area contributed by atoms with E-state index in [9.17, 15) is 19.8 Å². The van der Waals surface area contributed by atoms with Gasteiger partial charge in [-0.05, 0) is 74.6 Å². The Morgan fingerprint density at radius 2 is 1.67 bits per heavy atom. The van der Waals surface area contributed by atoms with Gasteiger partial charge in [-0.1, -0.05) is 42.9 Å². The molecule has 2 heterocycles. The number of methoxy groups -OCH3 is 3. The van der Waals surface area contributed by atoms with Crippen molar-refractivity contribution in [2.75, 3.05) is 34.5 Å². The Bertz CT molecular complexity index is 2090. The number of hydrazone groups is 1. The SMILES string of the molecule is COC(=O)CN=CC(COc1cc(/C=C/c2cc3c(c(OC)c2)O[C@]2(C)C[C@@H](O)[C@@H](O)C(C)(C)[C@H]2C3)cc(OCc2cn(CC(=O)OC)nn2)c1CC=C(C)C)=NN. The van der Waals surface area contributed by atoms with Crippen LogP contribution >= 0.6 is 0 Å². The number of aromatic nitrogens is 3. The van der Waals surface area contributed by atoms with Crippen molar-refractivity contribution in [1.29, 1.82) is 0 Å². The molecule has 0 amide bonds. The second-order valence-electron chi connectivity index (χ2n) is 15.5. The fourth-order valence-electron chi connectivity index (χ4n) is 7.48. The summed E-state index contributed by atoms with van der Waals surface area (Å²) in [6.45, 7) is 9.60. The molecular weight excluding hydrogens is 748 g/mol. The van der Waals surface area contributed by atoms with Gasteiger partial charge < -0.3 is 44.5 Å². The average molecular weight is 803 g/mol. The molecule has 4 atom stereocenters. The van der Waals surface area contributed by atoms with Crippen molar-refractivity contribution < 1.29 is 48.2 Å². The van der Waals surface area contributed by atoms with Gasteiger partial charge in [0.05, 0.1) is 39.7 Å². The lowest BCUT2D eigenvalue weighted by Gasteiger charge is -2.56. The third-order valence-electron chi connectivity index (χ3n) is 10.6. The molecule has 3 aromatic rings. The first kappa shape index (κ1) is 43.4. The number of aliphatic hydroxyl groups is 2. The predicted molar refractivity (Wildman–Crippen MR) is 217 cm³/mol. The Hall–Kier alpha value is -5.74. The molecule has 0 radical (unpaired) electrons. The fourth-order valence-corrected chi connectivity index (χ4v) is 7.48. The van der Waals surface area contributed by atoms with E-state index < -0.39 is 35.2 Å². The van der Waals surface area contributed by atoms with Crippen molar-refractivity contribution in [3.63, 3.8) is 0 Å². The number of nitrogens with two attached hydrogens (primary N) is 1. The summed E-state index contributed by atoms with van der Waals surface area (Å²) < 4.78 is 36.0. The smallest absolute Gasteiger partial charge is 0.327 e. The summed E-state index contributed by atoms with van der Waals surface area (Å²) >= 11 is 0. The molecule has 0 unspecified atom stereocenters. The van der Waals surface area contributed by atoms with Crippen molar-refractivity contribution in [3.8, 4) is 23.0 Å². The van der Waals surface area contributed by atoms with Gasteiger partial charge >= 0.3 is 11.9 Å². The second kappa shape index (κ2) is 18.7. The van der Waals surface area contributed by atoms with E-state index >= 15 is 0 Å². The summed E-state index contributed by atoms with van der Waals surface area (Å²) in [6.07, 6.45) is 8.47. The maximum Gasteiger partial charge on any atom is 0.327 e. The molecule has 312 valence electrons. The molecule has 16 nitrogen and oxygen atoms in total. The van der Waals surface area contributed by atoms with Crippen LogP contribution in [-0.2, 0) is 45.1 Å². The summed E-state index contributed by atoms with van der Waals surface area (Å²) in [6, 6.07) is 7.72. The Balaban J connectivity index is 1.51. The van der Waals surface area contributed by atoms with Crippen LogP contribution in [-0.4, -0.2) is 101 Å². The van der Waals surface area contributed by atoms with Crippen molar-refractivity contribution in [1.82, 2.24) is 15.0 Å². The van der Waals surface area contributed by atoms with Gasteiger partial charge in [0.2, 0.25) is 0 Å². The molecule has 2 aromatic carbocycles. The van der Waals surface area contributed by atoms with Crippen LogP contribution in [0.1, 0.15) is 69.0 Å². The van der Waals surface area contributed by atoms with Gasteiger partial charge in [0.1, 0.15) is 54.8 Å². The van der Waals surface area contributed by atoms with Crippen molar-refractivity contribution in [2.45, 2.75) is 84.8 Å². The lowest BCUT2D eigenvalue weighted by atomic mass is 9.57. The van der Waals surface area contributed by atoms with Gasteiger partial charge in [-0.25, -0.2) is 4.68 Å². The molecule has 1 aliphatic heterocycles. The third-order valence-corrected chi connectivity index (χ3v) is 10.6. The highest BCUT2D eigenvalue weighted by atomic mass is 16.5. The molecule has 0 saturated heterocycles. The van der Waals surface area contributed by atoms with Gasteiger partial charge in [-0.3, -0.25) is 14.6 Å². The van der Waals surface area contributed by atoms with Gasteiger partial charge in [0.25, 0.3) is 0 Å². The highest BCUT2D eigenvalue weighted by molar-refractivity contribution is 6.31. The summed E-state index contributed by atoms with van der Waals surface area (Å²) in [5, 5.41) is 33.7. The Morgan fingerprint density at radius 1 is 1.00 bits per heavy atom. The van der Waals surface area contributed by atoms with Gasteiger partial charge in [-0.15, -0.1) is 5.10 Å². The standard InChI is InChI=1S/C42H54N6O10/c1-25(2)9-12-31-33(56-23-29(45-43)19-44-20-37(50)54-7)14-27(15-34(31)57-24-30-21-48(47-46-30)22-38(51)55-8)11-10-26-13-28-17-36-41(3,4)40(52)32(49)18-42(36,5)58-39(28)35(16-26)53-6/h9-11,13-16,19,21,32,36,40,49,52H,12,17-18,20,22-24,43H2,1-8H3/b11-10+,44-19?,45-29?/t32-,36-,40-,42-/m1/s1. The normalized spacial score (nSPS) is 21.1. The number of hydrogen-bond donors (Lipinski definition) is 3. The second-order valence-corrected chi connectivity index (χ2v) is 15.5. The van der Waals surface area contributed by atoms with E-state index in [-0.39, 0.29) is 37.9 Å². The number of nitrogens with zero attached hydrogens (tertiary/aromatic N) is 5. The molecule has 1 aliphatic carbocycles. The monoisotopic (exact) mass is 802 g/mol. The zero-order valence-corrected chi connectivity index (χ0v) is 34.4. The Kier molecular flexibility index (Phi) is 14.0. The molecule has 1 aromatic heterocycles. The minimum Gasteiger partial charge on any atom is -0.493 e. The number of esters is 2. The molecule has 5 rings (SSSR count). The molecule has 1 saturated carbocycles. The molecular formula is C42H54N6O10. The van der Waals surface area contributed by atoms with Gasteiger partial charge in [0, 0.05) is 29.5 Å². The van der Waals surface area contributed by atoms with E-state index in [1.165, 1.54) is 25.1 Å². The first-order valence-corrected chi connectivity index (χ1v) is 18.9. The lowest BCUT2D eigenvalue weighted by molar-refractivity contribution is -0.187. The van der Waals surface area contributed by atoms with Crippen LogP contribution in [0.5, 0.6) is 23.0 Å². The Morgan fingerprint density at radius 3 is 2.33 bits per heavy atom. The number of benzene rings is 2. The number of fused-ring (bicyclic) bond motifs is 2. The molecule has 2 aliphatic rings. The minimum atomic E-state index is -0.906. The van der Waals surface area contributed by atoms with Crippen LogP contribution in [0.25, 0.3) is 12.2 Å². The highest BCUT2D eigenvalue weighted by Crippen LogP contribution is 2.55. The zero-order chi connectivity index (χ0) is 42.2. The summed E-state index contributed by atoms with van der Waals surface area (Å²) in [4.78, 5) is 27.4. The molecule has 0 bridgehead atoms. The van der Waals surface area contributed by atoms with Crippen LogP contribution in [0, 0.1) is 11.3 Å². The third kappa shape index (κ3) is 10.2. The molecule has 4 N–H and O–H groups in total. The van der Waals surface area contributed by atoms with Crippen molar-refractivity contribution >= 4 is 36.0 Å². The number of carbonyl (C=O) groups is 2. The first-order valence-electron chi connectivity index (χ1n) is 18.9. The topological polar surface area (TPSA) is 211 Å². The summed E-state index contributed by atoms with van der Waals surface area (Å²) in [5.74, 6) is 6.80. The van der Waals surface area contributed by atoms with E-state index in [1.54, 1.807) is 13.3 Å². The molecule has 0 spiro atoms. The number of aliphatic hydroxyl groups excluding tert-OH is 2. The largest absolute Gasteiger partial charge is 0.493 e. The number of rotatable bonds is 16. The van der Waals surface area contributed by atoms with E-state index in [1.807, 2.05) is 71.0 Å². The maximum atomic E-state index is 11.8. The summed E-state index contributed by atoms with van der Waals surface area (Å²) in [7, 11) is 4.17. The molecule has 58 heavy (non-hydrogen) atoms. The number of allylic oxidation sites excluding steroid dienone is 2. The fraction of sp³-hybridized carbons (Fsp3) is 0.476. The van der Waals surface area contributed by atoms with Gasteiger partial charge in [-0.2, -0.15) is 5.10 Å². The number of hydrogen-bond acceptors (Lipinski definition) is 15. The van der Waals surface area contributed by atoms with E-state index in [2.05, 4.69) is 31.2 Å². The first-order chi connectivity index (χ1) is 27.6. The van der Waals surface area contributed by atoms with Crippen molar-refractivity contribution in [3.05, 3.63) is 70.1 Å². The van der Waals surface area contributed by atoms with E-state index in [0.29, 0.717) is 48.0 Å². The van der Waals surface area contributed by atoms with Crippen LogP contribution in [0.15, 0.2) is 52.2 Å². The van der Waals surface area contributed by atoms with Crippen LogP contribution in [0.3, 0.4) is 0 Å². The quantitative estimate of drug-likeness (QED) is 0.0465. The predicted octanol–water partition coefficient (Wildman–Crippen LogP) is 4.12. The Labute approximate surface area is 338 Å². The summed E-state index contributed by atoms with van der Waals surface area (Å²) in [5.41, 5.74) is 3.80. The number of carbonyl (C=O) groups excluding carboxylic acids is 2. The molecule has 1 fully saturated rings. The average Bonchev–Trinajstić information content (AvgIpc) is 3.64. The van der Waals surface area contributed by atoms with E-state index in [0.717, 1.165) is 27.8 Å². The van der Waals surface area contributed by atoms with Gasteiger partial charge in [0.15, 0.2) is 11.5 Å². The van der Waals surface area contributed by atoms with Crippen LogP contribution in [0.2, 0.25) is 0 Å². The lowest BCUT2D eigenvalue weighted by Crippen LogP contribution is -2.63. The minimum absolute atomic E-state index is 0.0372. The number of aliphatic imine (C=N–C) groups is 1. The van der Waals surface area contributed by atoms with Crippen LogP contribution < -0.4 is 24.8 Å².